The van der Waals surface area contributed by atoms with Crippen molar-refractivity contribution in [2.75, 3.05) is 4.90 Å². The smallest absolute Gasteiger partial charge is 0.268 e. The standard InChI is InChI=1S/C16H8BrCl2NO2/c17-10-3-7-12(8-4-10)20-15(21)13(14(19)16(20)22)9-1-5-11(18)6-2-9/h1-8H. The van der Waals surface area contributed by atoms with Gasteiger partial charge in [0.25, 0.3) is 11.8 Å². The van der Waals surface area contributed by atoms with E-state index in [9.17, 15) is 9.59 Å². The fourth-order valence-corrected chi connectivity index (χ4v) is 2.86. The molecule has 0 bridgehead atoms. The molecule has 0 fully saturated rings. The minimum Gasteiger partial charge on any atom is -0.268 e. The summed E-state index contributed by atoms with van der Waals surface area (Å²) in [6.07, 6.45) is 0. The number of amides is 2. The Morgan fingerprint density at radius 1 is 0.818 bits per heavy atom. The molecule has 0 saturated heterocycles. The van der Waals surface area contributed by atoms with Crippen LogP contribution >= 0.6 is 39.1 Å². The third-order valence-corrected chi connectivity index (χ3v) is 4.38. The molecule has 1 heterocycles. The minimum absolute atomic E-state index is 0.0877. The van der Waals surface area contributed by atoms with Gasteiger partial charge in [0.1, 0.15) is 5.03 Å². The van der Waals surface area contributed by atoms with Crippen LogP contribution in [0.4, 0.5) is 5.69 Å². The van der Waals surface area contributed by atoms with Crippen molar-refractivity contribution in [3.05, 3.63) is 68.6 Å². The van der Waals surface area contributed by atoms with Crippen LogP contribution in [0.5, 0.6) is 0 Å². The SMILES string of the molecule is O=C1C(Cl)=C(c2ccc(Cl)cc2)C(=O)N1c1ccc(Br)cc1. The first-order valence-electron chi connectivity index (χ1n) is 6.29. The number of carbonyl (C=O) groups excluding carboxylic acids is 2. The molecule has 22 heavy (non-hydrogen) atoms. The first-order valence-corrected chi connectivity index (χ1v) is 7.84. The molecule has 0 N–H and O–H groups in total. The van der Waals surface area contributed by atoms with E-state index in [0.717, 1.165) is 9.37 Å². The molecule has 2 aromatic carbocycles. The van der Waals surface area contributed by atoms with E-state index in [4.69, 9.17) is 23.2 Å². The lowest BCUT2D eigenvalue weighted by atomic mass is 10.1. The topological polar surface area (TPSA) is 37.4 Å². The second-order valence-electron chi connectivity index (χ2n) is 4.62. The van der Waals surface area contributed by atoms with Crippen molar-refractivity contribution in [1.29, 1.82) is 0 Å². The zero-order valence-electron chi connectivity index (χ0n) is 11.0. The van der Waals surface area contributed by atoms with E-state index in [-0.39, 0.29) is 10.6 Å². The molecule has 0 unspecified atom stereocenters. The van der Waals surface area contributed by atoms with Crippen molar-refractivity contribution in [3.8, 4) is 0 Å². The molecule has 1 aliphatic rings. The Bertz CT molecular complexity index is 798. The van der Waals surface area contributed by atoms with Gasteiger partial charge in [-0.15, -0.1) is 0 Å². The summed E-state index contributed by atoms with van der Waals surface area (Å²) in [6, 6.07) is 13.5. The van der Waals surface area contributed by atoms with Gasteiger partial charge in [-0.25, -0.2) is 4.90 Å². The minimum atomic E-state index is -0.529. The van der Waals surface area contributed by atoms with E-state index in [1.807, 2.05) is 0 Å². The van der Waals surface area contributed by atoms with Crippen LogP contribution < -0.4 is 4.90 Å². The second kappa shape index (κ2) is 5.88. The van der Waals surface area contributed by atoms with Gasteiger partial charge in [-0.2, -0.15) is 0 Å². The summed E-state index contributed by atoms with van der Waals surface area (Å²) < 4.78 is 0.854. The zero-order valence-corrected chi connectivity index (χ0v) is 14.1. The molecule has 0 atom stereocenters. The lowest BCUT2D eigenvalue weighted by Crippen LogP contribution is -2.31. The molecular formula is C16H8BrCl2NO2. The Kier molecular flexibility index (Phi) is 4.08. The van der Waals surface area contributed by atoms with Crippen molar-refractivity contribution in [2.45, 2.75) is 0 Å². The van der Waals surface area contributed by atoms with Crippen LogP contribution in [0.15, 0.2) is 58.0 Å². The fraction of sp³-hybridized carbons (Fsp3) is 0. The number of nitrogens with zero attached hydrogens (tertiary/aromatic N) is 1. The predicted octanol–water partition coefficient (Wildman–Crippen LogP) is 4.63. The van der Waals surface area contributed by atoms with Gasteiger partial charge in [-0.1, -0.05) is 51.3 Å². The molecular weight excluding hydrogens is 389 g/mol. The van der Waals surface area contributed by atoms with Gasteiger partial charge >= 0.3 is 0 Å². The van der Waals surface area contributed by atoms with Gasteiger partial charge in [0.15, 0.2) is 0 Å². The second-order valence-corrected chi connectivity index (χ2v) is 6.35. The Hall–Kier alpha value is -1.62. The number of hydrogen-bond acceptors (Lipinski definition) is 2. The number of halogens is 3. The Labute approximate surface area is 145 Å². The zero-order chi connectivity index (χ0) is 15.9. The van der Waals surface area contributed by atoms with Gasteiger partial charge < -0.3 is 0 Å². The van der Waals surface area contributed by atoms with Crippen molar-refractivity contribution in [2.24, 2.45) is 0 Å². The summed E-state index contributed by atoms with van der Waals surface area (Å²) in [4.78, 5) is 26.0. The van der Waals surface area contributed by atoms with Crippen LogP contribution in [0.1, 0.15) is 5.56 Å². The van der Waals surface area contributed by atoms with Crippen molar-refractivity contribution in [1.82, 2.24) is 0 Å². The first kappa shape index (κ1) is 15.3. The summed E-state index contributed by atoms with van der Waals surface area (Å²) in [5, 5.41) is 0.456. The van der Waals surface area contributed by atoms with Gasteiger partial charge in [0.05, 0.1) is 11.3 Å². The van der Waals surface area contributed by atoms with Gasteiger partial charge in [0, 0.05) is 9.50 Å². The largest absolute Gasteiger partial charge is 0.277 e. The number of benzene rings is 2. The van der Waals surface area contributed by atoms with E-state index in [0.29, 0.717) is 16.3 Å². The molecule has 2 aromatic rings. The lowest BCUT2D eigenvalue weighted by Gasteiger charge is -2.14. The molecule has 0 spiro atoms. The maximum absolute atomic E-state index is 12.6. The Morgan fingerprint density at radius 3 is 2.00 bits per heavy atom. The molecule has 110 valence electrons. The quantitative estimate of drug-likeness (QED) is 0.694. The third-order valence-electron chi connectivity index (χ3n) is 3.25. The highest BCUT2D eigenvalue weighted by atomic mass is 79.9. The fourth-order valence-electron chi connectivity index (χ4n) is 2.19. The highest BCUT2D eigenvalue weighted by Gasteiger charge is 2.39. The van der Waals surface area contributed by atoms with Crippen LogP contribution in [0, 0.1) is 0 Å². The van der Waals surface area contributed by atoms with Crippen LogP contribution in [-0.2, 0) is 9.59 Å². The Morgan fingerprint density at radius 2 is 1.41 bits per heavy atom. The molecule has 0 aliphatic carbocycles. The summed E-state index contributed by atoms with van der Waals surface area (Å²) in [5.74, 6) is -0.974. The number of hydrogen-bond donors (Lipinski definition) is 0. The van der Waals surface area contributed by atoms with Crippen LogP contribution in [0.25, 0.3) is 5.57 Å². The summed E-state index contributed by atoms with van der Waals surface area (Å²) in [6.45, 7) is 0. The van der Waals surface area contributed by atoms with Gasteiger partial charge in [-0.3, -0.25) is 9.59 Å². The summed E-state index contributed by atoms with van der Waals surface area (Å²) in [7, 11) is 0. The van der Waals surface area contributed by atoms with Crippen LogP contribution in [0.2, 0.25) is 5.02 Å². The van der Waals surface area contributed by atoms with Crippen LogP contribution in [-0.4, -0.2) is 11.8 Å². The molecule has 1 aliphatic heterocycles. The average Bonchev–Trinajstić information content (AvgIpc) is 2.72. The summed E-state index contributed by atoms with van der Waals surface area (Å²) >= 11 is 15.3. The maximum Gasteiger partial charge on any atom is 0.277 e. The molecule has 0 saturated carbocycles. The highest BCUT2D eigenvalue weighted by molar-refractivity contribution is 9.10. The molecule has 2 amide bonds. The number of rotatable bonds is 2. The molecule has 6 heteroatoms. The van der Waals surface area contributed by atoms with E-state index >= 15 is 0 Å². The van der Waals surface area contributed by atoms with Gasteiger partial charge in [-0.05, 0) is 42.0 Å². The molecule has 3 nitrogen and oxygen atoms in total. The normalized spacial score (nSPS) is 15.0. The maximum atomic E-state index is 12.6. The first-order chi connectivity index (χ1) is 10.5. The van der Waals surface area contributed by atoms with E-state index in [1.54, 1.807) is 48.5 Å². The third kappa shape index (κ3) is 2.58. The number of anilines is 1. The van der Waals surface area contributed by atoms with Crippen LogP contribution in [0.3, 0.4) is 0 Å². The van der Waals surface area contributed by atoms with E-state index in [1.165, 1.54) is 0 Å². The molecule has 0 radical (unpaired) electrons. The number of imide groups is 1. The van der Waals surface area contributed by atoms with Crippen molar-refractivity contribution >= 4 is 62.2 Å². The average molecular weight is 397 g/mol. The predicted molar refractivity (Wildman–Crippen MR) is 90.9 cm³/mol. The highest BCUT2D eigenvalue weighted by Crippen LogP contribution is 2.35. The lowest BCUT2D eigenvalue weighted by molar-refractivity contribution is -0.119. The van der Waals surface area contributed by atoms with Crippen molar-refractivity contribution in [3.63, 3.8) is 0 Å². The molecule has 0 aromatic heterocycles. The summed E-state index contributed by atoms with van der Waals surface area (Å²) in [5.41, 5.74) is 1.22. The van der Waals surface area contributed by atoms with E-state index in [2.05, 4.69) is 15.9 Å². The van der Waals surface area contributed by atoms with E-state index < -0.39 is 11.8 Å². The molecule has 3 rings (SSSR count). The van der Waals surface area contributed by atoms with Gasteiger partial charge in [0.2, 0.25) is 0 Å². The van der Waals surface area contributed by atoms with Crippen molar-refractivity contribution < 1.29 is 9.59 Å². The monoisotopic (exact) mass is 395 g/mol. The Balaban J connectivity index is 2.03. The number of carbonyl (C=O) groups is 2.